The summed E-state index contributed by atoms with van der Waals surface area (Å²) < 4.78 is 41.2. The predicted molar refractivity (Wildman–Crippen MR) is 80.1 cm³/mol. The highest BCUT2D eigenvalue weighted by Gasteiger charge is 2.32. The molecule has 4 nitrogen and oxygen atoms in total. The first-order chi connectivity index (χ1) is 10.9. The predicted octanol–water partition coefficient (Wildman–Crippen LogP) is 2.73. The van der Waals surface area contributed by atoms with E-state index in [-0.39, 0.29) is 30.5 Å². The van der Waals surface area contributed by atoms with Crippen LogP contribution in [0.5, 0.6) is 5.75 Å². The van der Waals surface area contributed by atoms with Crippen LogP contribution in [0.3, 0.4) is 0 Å². The van der Waals surface area contributed by atoms with Gasteiger partial charge in [0, 0.05) is 25.6 Å². The Morgan fingerprint density at radius 3 is 2.83 bits per heavy atom. The Morgan fingerprint density at radius 1 is 1.39 bits per heavy atom. The number of alkyl halides is 3. The van der Waals surface area contributed by atoms with Gasteiger partial charge in [-0.05, 0) is 37.9 Å². The van der Waals surface area contributed by atoms with Crippen molar-refractivity contribution >= 4 is 5.91 Å². The highest BCUT2D eigenvalue weighted by Crippen LogP contribution is 2.27. The molecule has 7 heteroatoms. The number of hydrogen-bond donors (Lipinski definition) is 1. The molecule has 1 heterocycles. The van der Waals surface area contributed by atoms with Crippen LogP contribution in [0.2, 0.25) is 0 Å². The number of likely N-dealkylation sites (N-methyl/N-ethyl adjacent to an activating group) is 1. The van der Waals surface area contributed by atoms with Crippen LogP contribution in [0.25, 0.3) is 0 Å². The van der Waals surface area contributed by atoms with E-state index in [0.29, 0.717) is 12.1 Å². The van der Waals surface area contributed by atoms with Crippen molar-refractivity contribution in [3.05, 3.63) is 29.8 Å². The first-order valence-electron chi connectivity index (χ1n) is 7.68. The van der Waals surface area contributed by atoms with Crippen LogP contribution in [0.4, 0.5) is 13.2 Å². The number of carbonyl (C=O) groups excluding carboxylic acids is 1. The topological polar surface area (TPSA) is 41.6 Å². The van der Waals surface area contributed by atoms with Gasteiger partial charge >= 0.3 is 6.36 Å². The molecule has 1 atom stereocenters. The van der Waals surface area contributed by atoms with E-state index in [4.69, 9.17) is 0 Å². The third-order valence-electron chi connectivity index (χ3n) is 3.94. The molecule has 2 rings (SSSR count). The maximum atomic E-state index is 12.4. The molecule has 1 saturated heterocycles. The largest absolute Gasteiger partial charge is 0.573 e. The van der Waals surface area contributed by atoms with Gasteiger partial charge in [0.25, 0.3) is 0 Å². The molecule has 0 saturated carbocycles. The van der Waals surface area contributed by atoms with Gasteiger partial charge in [-0.25, -0.2) is 0 Å². The minimum absolute atomic E-state index is 0.0236. The van der Waals surface area contributed by atoms with Crippen molar-refractivity contribution in [2.24, 2.45) is 0 Å². The quantitative estimate of drug-likeness (QED) is 0.872. The second-order valence-corrected chi connectivity index (χ2v) is 5.60. The smallest absolute Gasteiger partial charge is 0.406 e. The van der Waals surface area contributed by atoms with Crippen LogP contribution >= 0.6 is 0 Å². The Morgan fingerprint density at radius 2 is 2.13 bits per heavy atom. The number of ether oxygens (including phenoxy) is 1. The number of likely N-dealkylation sites (tertiary alicyclic amines) is 1. The normalized spacial score (nSPS) is 18.3. The van der Waals surface area contributed by atoms with Crippen molar-refractivity contribution in [3.63, 3.8) is 0 Å². The minimum atomic E-state index is -4.73. The number of nitrogens with zero attached hydrogens (tertiary/aromatic N) is 1. The summed E-state index contributed by atoms with van der Waals surface area (Å²) in [6.45, 7) is 1.45. The van der Waals surface area contributed by atoms with Gasteiger partial charge in [-0.1, -0.05) is 18.2 Å². The summed E-state index contributed by atoms with van der Waals surface area (Å²) >= 11 is 0. The lowest BCUT2D eigenvalue weighted by Gasteiger charge is -2.24. The average Bonchev–Trinajstić information content (AvgIpc) is 2.93. The third-order valence-corrected chi connectivity index (χ3v) is 3.94. The van der Waals surface area contributed by atoms with E-state index in [1.165, 1.54) is 12.1 Å². The monoisotopic (exact) mass is 330 g/mol. The van der Waals surface area contributed by atoms with Gasteiger partial charge in [0.05, 0.1) is 0 Å². The van der Waals surface area contributed by atoms with E-state index in [1.54, 1.807) is 12.1 Å². The first kappa shape index (κ1) is 17.6. The molecule has 1 aromatic carbocycles. The maximum absolute atomic E-state index is 12.4. The number of amides is 1. The number of rotatable bonds is 6. The lowest BCUT2D eigenvalue weighted by atomic mass is 10.1. The number of halogens is 3. The molecular weight excluding hydrogens is 309 g/mol. The zero-order chi connectivity index (χ0) is 16.9. The molecule has 0 aromatic heterocycles. The molecule has 0 aliphatic carbocycles. The molecule has 0 spiro atoms. The summed E-state index contributed by atoms with van der Waals surface area (Å²) in [5.41, 5.74) is 0.391. The van der Waals surface area contributed by atoms with Crippen molar-refractivity contribution in [3.8, 4) is 5.75 Å². The van der Waals surface area contributed by atoms with E-state index >= 15 is 0 Å². The van der Waals surface area contributed by atoms with Crippen LogP contribution in [-0.4, -0.2) is 43.3 Å². The molecule has 1 aliphatic rings. The van der Waals surface area contributed by atoms with Crippen LogP contribution in [0.1, 0.15) is 24.8 Å². The highest BCUT2D eigenvalue weighted by atomic mass is 19.4. The number of aryl methyl sites for hydroxylation is 1. The van der Waals surface area contributed by atoms with Gasteiger partial charge in [-0.3, -0.25) is 4.79 Å². The van der Waals surface area contributed by atoms with Crippen molar-refractivity contribution < 1.29 is 22.7 Å². The van der Waals surface area contributed by atoms with E-state index in [0.717, 1.165) is 19.4 Å². The lowest BCUT2D eigenvalue weighted by molar-refractivity contribution is -0.274. The summed E-state index contributed by atoms with van der Waals surface area (Å²) in [4.78, 5) is 14.2. The molecule has 1 amide bonds. The Balaban J connectivity index is 1.96. The van der Waals surface area contributed by atoms with Gasteiger partial charge in [0.15, 0.2) is 0 Å². The van der Waals surface area contributed by atoms with Crippen LogP contribution in [-0.2, 0) is 11.2 Å². The Kier molecular flexibility index (Phi) is 5.87. The summed E-state index contributed by atoms with van der Waals surface area (Å²) in [5, 5.41) is 3.06. The molecule has 0 unspecified atom stereocenters. The van der Waals surface area contributed by atoms with E-state index in [1.807, 2.05) is 11.9 Å². The van der Waals surface area contributed by atoms with Crippen molar-refractivity contribution in [1.82, 2.24) is 10.2 Å². The van der Waals surface area contributed by atoms with Gasteiger partial charge in [0.2, 0.25) is 5.91 Å². The van der Waals surface area contributed by atoms with E-state index < -0.39 is 6.36 Å². The standard InChI is InChI=1S/C16H21F3N2O2/c1-20-11-13-6-4-10-21(13)15(22)9-8-12-5-2-3-7-14(12)23-16(17,18)19/h2-3,5,7,13,20H,4,6,8-11H2,1H3/t13-/m1/s1. The molecule has 0 radical (unpaired) electrons. The Labute approximate surface area is 133 Å². The maximum Gasteiger partial charge on any atom is 0.573 e. The number of carbonyl (C=O) groups is 1. The molecule has 1 aliphatic heterocycles. The van der Waals surface area contributed by atoms with Crippen molar-refractivity contribution in [2.75, 3.05) is 20.1 Å². The molecule has 0 bridgehead atoms. The fraction of sp³-hybridized carbons (Fsp3) is 0.562. The Bertz CT molecular complexity index is 534. The van der Waals surface area contributed by atoms with E-state index in [9.17, 15) is 18.0 Å². The summed E-state index contributed by atoms with van der Waals surface area (Å²) in [7, 11) is 1.84. The minimum Gasteiger partial charge on any atom is -0.406 e. The summed E-state index contributed by atoms with van der Waals surface area (Å²) in [5.74, 6) is -0.259. The molecular formula is C16H21F3N2O2. The van der Waals surface area contributed by atoms with Crippen molar-refractivity contribution in [2.45, 2.75) is 38.1 Å². The van der Waals surface area contributed by atoms with E-state index in [2.05, 4.69) is 10.1 Å². The summed E-state index contributed by atoms with van der Waals surface area (Å²) in [6, 6.07) is 6.13. The SMILES string of the molecule is CNC[C@H]1CCCN1C(=O)CCc1ccccc1OC(F)(F)F. The molecule has 1 N–H and O–H groups in total. The second kappa shape index (κ2) is 7.68. The lowest BCUT2D eigenvalue weighted by Crippen LogP contribution is -2.40. The number of nitrogens with one attached hydrogen (secondary N) is 1. The van der Waals surface area contributed by atoms with Crippen LogP contribution < -0.4 is 10.1 Å². The van der Waals surface area contributed by atoms with Gasteiger partial charge in [0.1, 0.15) is 5.75 Å². The summed E-state index contributed by atoms with van der Waals surface area (Å²) in [6.07, 6.45) is -2.40. The van der Waals surface area contributed by atoms with Gasteiger partial charge < -0.3 is 15.0 Å². The third kappa shape index (κ3) is 5.13. The number of hydrogen-bond acceptors (Lipinski definition) is 3. The fourth-order valence-corrected chi connectivity index (χ4v) is 2.93. The average molecular weight is 330 g/mol. The number of benzene rings is 1. The molecule has 23 heavy (non-hydrogen) atoms. The zero-order valence-electron chi connectivity index (χ0n) is 13.0. The highest BCUT2D eigenvalue weighted by molar-refractivity contribution is 5.77. The van der Waals surface area contributed by atoms with Gasteiger partial charge in [-0.2, -0.15) is 0 Å². The molecule has 1 fully saturated rings. The number of para-hydroxylation sites is 1. The van der Waals surface area contributed by atoms with Gasteiger partial charge in [-0.15, -0.1) is 13.2 Å². The first-order valence-corrected chi connectivity index (χ1v) is 7.68. The van der Waals surface area contributed by atoms with Crippen LogP contribution in [0, 0.1) is 0 Å². The van der Waals surface area contributed by atoms with Crippen molar-refractivity contribution in [1.29, 1.82) is 0 Å². The molecule has 128 valence electrons. The second-order valence-electron chi connectivity index (χ2n) is 5.60. The van der Waals surface area contributed by atoms with Crippen LogP contribution in [0.15, 0.2) is 24.3 Å². The molecule has 1 aromatic rings. The Hall–Kier alpha value is -1.76. The fourth-order valence-electron chi connectivity index (χ4n) is 2.93. The zero-order valence-corrected chi connectivity index (χ0v) is 13.0.